The van der Waals surface area contributed by atoms with Gasteiger partial charge in [0.05, 0.1) is 0 Å². The van der Waals surface area contributed by atoms with Crippen LogP contribution in [0.5, 0.6) is 0 Å². The number of amides is 2. The van der Waals surface area contributed by atoms with Crippen LogP contribution >= 0.6 is 0 Å². The molecule has 1 N–H and O–H groups in total. The lowest BCUT2D eigenvalue weighted by molar-refractivity contribution is -0.130. The average molecular weight is 142 g/mol. The van der Waals surface area contributed by atoms with E-state index < -0.39 is 0 Å². The van der Waals surface area contributed by atoms with Gasteiger partial charge in [-0.15, -0.1) is 0 Å². The molecule has 0 aliphatic carbocycles. The zero-order valence-electron chi connectivity index (χ0n) is 5.83. The summed E-state index contributed by atoms with van der Waals surface area (Å²) in [7, 11) is 0. The smallest absolute Gasteiger partial charge is 0.238 e. The van der Waals surface area contributed by atoms with Crippen LogP contribution < -0.4 is 5.43 Å². The van der Waals surface area contributed by atoms with Crippen LogP contribution in [-0.4, -0.2) is 17.3 Å². The first kappa shape index (κ1) is 8.68. The molecule has 0 fully saturated rings. The summed E-state index contributed by atoms with van der Waals surface area (Å²) in [5, 5.41) is 0.964. The van der Waals surface area contributed by atoms with E-state index in [4.69, 9.17) is 0 Å². The number of nitrogens with zero attached hydrogens (tertiary/aromatic N) is 1. The van der Waals surface area contributed by atoms with E-state index >= 15 is 0 Å². The van der Waals surface area contributed by atoms with Crippen molar-refractivity contribution >= 4 is 12.3 Å². The van der Waals surface area contributed by atoms with Gasteiger partial charge < -0.3 is 0 Å². The SMILES string of the molecule is C=CN(C=O)NC(=O)CC. The molecular weight excluding hydrogens is 132 g/mol. The highest BCUT2D eigenvalue weighted by atomic mass is 16.2. The summed E-state index contributed by atoms with van der Waals surface area (Å²) in [6, 6.07) is 0. The second-order valence-corrected chi connectivity index (χ2v) is 1.58. The Bertz CT molecular complexity index is 137. The van der Waals surface area contributed by atoms with Crippen LogP contribution in [0.4, 0.5) is 0 Å². The molecule has 10 heavy (non-hydrogen) atoms. The monoisotopic (exact) mass is 142 g/mol. The number of carbonyl (C=O) groups is 2. The van der Waals surface area contributed by atoms with E-state index in [1.165, 1.54) is 6.20 Å². The number of nitrogens with one attached hydrogen (secondary N) is 1. The fourth-order valence-electron chi connectivity index (χ4n) is 0.338. The zero-order valence-corrected chi connectivity index (χ0v) is 5.83. The lowest BCUT2D eigenvalue weighted by Gasteiger charge is -2.11. The maximum atomic E-state index is 10.6. The maximum absolute atomic E-state index is 10.6. The lowest BCUT2D eigenvalue weighted by Crippen LogP contribution is -2.36. The Balaban J connectivity index is 3.73. The molecule has 0 aromatic rings. The summed E-state index contributed by atoms with van der Waals surface area (Å²) < 4.78 is 0. The quantitative estimate of drug-likeness (QED) is 0.444. The predicted molar refractivity (Wildman–Crippen MR) is 36.5 cm³/mol. The average Bonchev–Trinajstić information content (AvgIpc) is 1.99. The Labute approximate surface area is 59.5 Å². The number of hydrogen-bond donors (Lipinski definition) is 1. The van der Waals surface area contributed by atoms with E-state index in [0.29, 0.717) is 12.8 Å². The van der Waals surface area contributed by atoms with Gasteiger partial charge >= 0.3 is 0 Å². The van der Waals surface area contributed by atoms with Gasteiger partial charge in [-0.05, 0) is 0 Å². The van der Waals surface area contributed by atoms with Crippen molar-refractivity contribution in [1.29, 1.82) is 0 Å². The standard InChI is InChI=1S/C6H10N2O2/c1-3-6(10)7-8(4-2)5-9/h4-5H,2-3H2,1H3,(H,7,10). The Hall–Kier alpha value is -1.32. The first-order valence-electron chi connectivity index (χ1n) is 2.90. The molecule has 0 aliphatic heterocycles. The van der Waals surface area contributed by atoms with E-state index in [1.807, 2.05) is 0 Å². The lowest BCUT2D eigenvalue weighted by atomic mass is 10.5. The normalized spacial score (nSPS) is 8.10. The minimum atomic E-state index is -0.216. The second kappa shape index (κ2) is 4.55. The molecule has 2 amide bonds. The molecule has 0 heterocycles. The predicted octanol–water partition coefficient (Wildman–Crippen LogP) is 0.0295. The van der Waals surface area contributed by atoms with Crippen LogP contribution in [0.15, 0.2) is 12.8 Å². The number of carbonyl (C=O) groups excluding carboxylic acids is 2. The van der Waals surface area contributed by atoms with Crippen molar-refractivity contribution in [1.82, 2.24) is 10.4 Å². The van der Waals surface area contributed by atoms with Crippen LogP contribution in [0.1, 0.15) is 13.3 Å². The fraction of sp³-hybridized carbons (Fsp3) is 0.333. The molecule has 0 rings (SSSR count). The molecule has 4 heteroatoms. The summed E-state index contributed by atoms with van der Waals surface area (Å²) in [5.74, 6) is -0.216. The van der Waals surface area contributed by atoms with E-state index in [9.17, 15) is 9.59 Å². The minimum Gasteiger partial charge on any atom is -0.276 e. The highest BCUT2D eigenvalue weighted by Crippen LogP contribution is 1.79. The first-order valence-corrected chi connectivity index (χ1v) is 2.90. The molecule has 0 aromatic carbocycles. The highest BCUT2D eigenvalue weighted by Gasteiger charge is 1.98. The van der Waals surface area contributed by atoms with Crippen molar-refractivity contribution in [2.24, 2.45) is 0 Å². The molecule has 0 unspecified atom stereocenters. The summed E-state index contributed by atoms with van der Waals surface area (Å²) in [6.07, 6.45) is 2.04. The molecule has 0 spiro atoms. The molecule has 0 bridgehead atoms. The largest absolute Gasteiger partial charge is 0.276 e. The number of hydrogen-bond acceptors (Lipinski definition) is 2. The minimum absolute atomic E-state index is 0.216. The molecule has 0 radical (unpaired) electrons. The molecule has 4 nitrogen and oxygen atoms in total. The molecular formula is C6H10N2O2. The molecule has 56 valence electrons. The van der Waals surface area contributed by atoms with E-state index in [0.717, 1.165) is 5.01 Å². The van der Waals surface area contributed by atoms with Crippen molar-refractivity contribution < 1.29 is 9.59 Å². The molecule has 0 aromatic heterocycles. The third-order valence-electron chi connectivity index (χ3n) is 0.885. The third kappa shape index (κ3) is 2.86. The van der Waals surface area contributed by atoms with Gasteiger partial charge in [0, 0.05) is 12.6 Å². The van der Waals surface area contributed by atoms with E-state index in [-0.39, 0.29) is 5.91 Å². The van der Waals surface area contributed by atoms with E-state index in [1.54, 1.807) is 6.92 Å². The Kier molecular flexibility index (Phi) is 3.95. The van der Waals surface area contributed by atoms with Crippen LogP contribution in [-0.2, 0) is 9.59 Å². The van der Waals surface area contributed by atoms with E-state index in [2.05, 4.69) is 12.0 Å². The molecule has 0 aliphatic rings. The molecule has 0 saturated heterocycles. The van der Waals surface area contributed by atoms with Crippen LogP contribution in [0, 0.1) is 0 Å². The molecule has 0 atom stereocenters. The van der Waals surface area contributed by atoms with Crippen molar-refractivity contribution in [2.75, 3.05) is 0 Å². The summed E-state index contributed by atoms with van der Waals surface area (Å²) >= 11 is 0. The van der Waals surface area contributed by atoms with Crippen LogP contribution in [0.2, 0.25) is 0 Å². The number of hydrazine groups is 1. The summed E-state index contributed by atoms with van der Waals surface area (Å²) in [6.45, 7) is 4.99. The van der Waals surface area contributed by atoms with Gasteiger partial charge in [0.15, 0.2) is 0 Å². The Morgan fingerprint density at radius 3 is 2.70 bits per heavy atom. The molecule has 0 saturated carbocycles. The summed E-state index contributed by atoms with van der Waals surface area (Å²) in [4.78, 5) is 20.6. The van der Waals surface area contributed by atoms with Gasteiger partial charge in [-0.25, -0.2) is 5.01 Å². The van der Waals surface area contributed by atoms with Gasteiger partial charge in [0.25, 0.3) is 0 Å². The van der Waals surface area contributed by atoms with Gasteiger partial charge in [-0.2, -0.15) is 0 Å². The zero-order chi connectivity index (χ0) is 7.98. The summed E-state index contributed by atoms with van der Waals surface area (Å²) in [5.41, 5.74) is 2.27. The van der Waals surface area contributed by atoms with Crippen molar-refractivity contribution in [3.05, 3.63) is 12.8 Å². The number of rotatable bonds is 4. The van der Waals surface area contributed by atoms with Crippen molar-refractivity contribution in [3.8, 4) is 0 Å². The van der Waals surface area contributed by atoms with Gasteiger partial charge in [-0.1, -0.05) is 13.5 Å². The third-order valence-corrected chi connectivity index (χ3v) is 0.885. The van der Waals surface area contributed by atoms with Crippen LogP contribution in [0.3, 0.4) is 0 Å². The van der Waals surface area contributed by atoms with Gasteiger partial charge in [0.1, 0.15) is 0 Å². The first-order chi connectivity index (χ1) is 4.74. The van der Waals surface area contributed by atoms with Crippen LogP contribution in [0.25, 0.3) is 0 Å². The fourth-order valence-corrected chi connectivity index (χ4v) is 0.338. The highest BCUT2D eigenvalue weighted by molar-refractivity contribution is 5.76. The Morgan fingerprint density at radius 1 is 1.80 bits per heavy atom. The van der Waals surface area contributed by atoms with Crippen molar-refractivity contribution in [3.63, 3.8) is 0 Å². The van der Waals surface area contributed by atoms with Gasteiger partial charge in [0.2, 0.25) is 12.3 Å². The Morgan fingerprint density at radius 2 is 2.40 bits per heavy atom. The topological polar surface area (TPSA) is 49.4 Å². The van der Waals surface area contributed by atoms with Crippen molar-refractivity contribution in [2.45, 2.75) is 13.3 Å². The maximum Gasteiger partial charge on any atom is 0.238 e. The van der Waals surface area contributed by atoms with Gasteiger partial charge in [-0.3, -0.25) is 15.0 Å². The second-order valence-electron chi connectivity index (χ2n) is 1.58.